The van der Waals surface area contributed by atoms with E-state index in [4.69, 9.17) is 4.74 Å². The Morgan fingerprint density at radius 1 is 0.410 bits per heavy atom. The molecular weight excluding hydrogens is 886 g/mol. The van der Waals surface area contributed by atoms with Crippen LogP contribution >= 0.6 is 0 Å². The van der Waals surface area contributed by atoms with Gasteiger partial charge in [-0.1, -0.05) is 30.3 Å². The minimum atomic E-state index is -7.22. The van der Waals surface area contributed by atoms with Crippen LogP contribution in [-0.4, -0.2) is 18.0 Å². The van der Waals surface area contributed by atoms with E-state index in [1.54, 1.807) is 12.4 Å². The zero-order chi connectivity index (χ0) is 45.6. The van der Waals surface area contributed by atoms with Gasteiger partial charge in [0.05, 0.1) is 6.20 Å². The summed E-state index contributed by atoms with van der Waals surface area (Å²) in [7, 11) is 0. The summed E-state index contributed by atoms with van der Waals surface area (Å²) in [5, 5.41) is 0. The zero-order valence-corrected chi connectivity index (χ0v) is 28.9. The summed E-state index contributed by atoms with van der Waals surface area (Å²) in [5.41, 5.74) is -13.2. The van der Waals surface area contributed by atoms with E-state index in [0.29, 0.717) is 12.4 Å². The Morgan fingerprint density at radius 3 is 0.967 bits per heavy atom. The maximum atomic E-state index is 15.4. The molecule has 1 aromatic heterocycles. The van der Waals surface area contributed by atoms with Crippen LogP contribution in [-0.2, 0) is 6.54 Å². The molecule has 6 aromatic rings. The van der Waals surface area contributed by atoms with Crippen LogP contribution in [0, 0.1) is 116 Å². The van der Waals surface area contributed by atoms with Crippen molar-refractivity contribution in [2.75, 3.05) is 6.86 Å². The van der Waals surface area contributed by atoms with Crippen molar-refractivity contribution in [1.29, 1.82) is 0 Å². The van der Waals surface area contributed by atoms with E-state index in [2.05, 4.69) is 4.98 Å². The van der Waals surface area contributed by atoms with Gasteiger partial charge in [-0.3, -0.25) is 0 Å². The number of ether oxygens (including phenoxy) is 1. The fraction of sp³-hybridized carbons (Fsp3) is 0.0556. The highest BCUT2D eigenvalue weighted by molar-refractivity contribution is 7.20. The van der Waals surface area contributed by atoms with Crippen molar-refractivity contribution in [2.24, 2.45) is 0 Å². The molecule has 0 atom stereocenters. The molecule has 0 radical (unpaired) electrons. The lowest BCUT2D eigenvalue weighted by Gasteiger charge is -2.44. The lowest BCUT2D eigenvalue weighted by atomic mass is 9.12. The molecule has 0 amide bonds. The molecular formula is C36H12BF21N2O. The summed E-state index contributed by atoms with van der Waals surface area (Å²) in [6.07, 6.45) is -2.31. The molecule has 5 aromatic carbocycles. The molecule has 6 rings (SSSR count). The van der Waals surface area contributed by atoms with Gasteiger partial charge in [-0.25, -0.2) is 97.2 Å². The molecule has 25 heteroatoms. The van der Waals surface area contributed by atoms with Crippen molar-refractivity contribution < 1.29 is 102 Å². The normalized spacial score (nSPS) is 11.5. The van der Waals surface area contributed by atoms with Crippen LogP contribution in [0.15, 0.2) is 48.9 Å². The van der Waals surface area contributed by atoms with E-state index in [-0.39, 0.29) is 0 Å². The third-order valence-corrected chi connectivity index (χ3v) is 8.91. The van der Waals surface area contributed by atoms with Gasteiger partial charge in [0.25, 0.3) is 0 Å². The Hall–Kier alpha value is -6.43. The van der Waals surface area contributed by atoms with Crippen molar-refractivity contribution in [2.45, 2.75) is 6.54 Å². The molecule has 0 N–H and O–H groups in total. The first-order valence-corrected chi connectivity index (χ1v) is 15.9. The number of benzene rings is 5. The highest BCUT2D eigenvalue weighted by Gasteiger charge is 2.52. The lowest BCUT2D eigenvalue weighted by molar-refractivity contribution is -0.694. The Bertz CT molecular complexity index is 2320. The van der Waals surface area contributed by atoms with E-state index >= 15 is 35.1 Å². The molecule has 0 aliphatic carbocycles. The Kier molecular flexibility index (Phi) is 12.9. The largest absolute Gasteiger partial charge is 0.411 e. The monoisotopic (exact) mass is 898 g/mol. The zero-order valence-electron chi connectivity index (χ0n) is 28.9. The number of hydrogen-bond acceptors (Lipinski definition) is 2. The molecule has 0 saturated heterocycles. The van der Waals surface area contributed by atoms with Crippen LogP contribution in [0.25, 0.3) is 0 Å². The van der Waals surface area contributed by atoms with Crippen molar-refractivity contribution >= 4 is 28.0 Å². The van der Waals surface area contributed by atoms with Gasteiger partial charge < -0.3 is 4.74 Å². The first kappa shape index (κ1) is 45.7. The molecule has 0 aliphatic rings. The minimum Gasteiger partial charge on any atom is -0.411 e. The number of alkyl halides is 1. The SMILES string of the molecule is FCOc1cncc[n+]1Cc1ccccc1.Fc1c(F)c(F)c([B-](c2c(F)c(F)c(F)c(F)c2F)(c2c(F)c(F)c(F)c(F)c2F)c2c(F)c(F)c(F)c(F)c2F)c(F)c1F. The fourth-order valence-electron chi connectivity index (χ4n) is 6.33. The number of nitrogens with zero attached hydrogens (tertiary/aromatic N) is 2. The van der Waals surface area contributed by atoms with Crippen molar-refractivity contribution in [3.05, 3.63) is 171 Å². The van der Waals surface area contributed by atoms with Gasteiger partial charge >= 0.3 is 5.88 Å². The van der Waals surface area contributed by atoms with Crippen LogP contribution < -0.4 is 31.2 Å². The van der Waals surface area contributed by atoms with E-state index in [9.17, 15) is 57.1 Å². The van der Waals surface area contributed by atoms with Crippen LogP contribution in [0.2, 0.25) is 0 Å². The maximum absolute atomic E-state index is 15.4. The number of rotatable bonds is 8. The topological polar surface area (TPSA) is 26.0 Å². The third kappa shape index (κ3) is 7.32. The molecule has 0 aliphatic heterocycles. The van der Waals surface area contributed by atoms with Crippen LogP contribution in [0.3, 0.4) is 0 Å². The molecule has 0 saturated carbocycles. The highest BCUT2D eigenvalue weighted by atomic mass is 19.2. The van der Waals surface area contributed by atoms with Crippen molar-refractivity contribution in [1.82, 2.24) is 4.98 Å². The van der Waals surface area contributed by atoms with Crippen molar-refractivity contribution in [3.63, 3.8) is 0 Å². The Balaban J connectivity index is 0.000000366. The van der Waals surface area contributed by atoms with E-state index in [1.165, 1.54) is 6.20 Å². The second-order valence-electron chi connectivity index (χ2n) is 12.1. The van der Waals surface area contributed by atoms with Gasteiger partial charge in [0.15, 0.2) is 82.5 Å². The summed E-state index contributed by atoms with van der Waals surface area (Å²) in [5.74, 6) is -71.0. The second-order valence-corrected chi connectivity index (χ2v) is 12.1. The van der Waals surface area contributed by atoms with Crippen LogP contribution in [0.4, 0.5) is 92.2 Å². The first-order valence-electron chi connectivity index (χ1n) is 15.9. The summed E-state index contributed by atoms with van der Waals surface area (Å²) in [6.45, 7) is -0.209. The fourth-order valence-corrected chi connectivity index (χ4v) is 6.33. The minimum absolute atomic E-state index is 0.425. The predicted molar refractivity (Wildman–Crippen MR) is 166 cm³/mol. The second kappa shape index (κ2) is 17.3. The van der Waals surface area contributed by atoms with E-state index in [1.807, 2.05) is 34.9 Å². The summed E-state index contributed by atoms with van der Waals surface area (Å²) < 4.78 is 313. The van der Waals surface area contributed by atoms with Gasteiger partial charge in [-0.2, -0.15) is 4.57 Å². The summed E-state index contributed by atoms with van der Waals surface area (Å²) in [6, 6.07) is 9.90. The Labute approximate surface area is 324 Å². The van der Waals surface area contributed by atoms with Gasteiger partial charge in [0.2, 0.25) is 6.86 Å². The van der Waals surface area contributed by atoms with Gasteiger partial charge in [0, 0.05) is 5.56 Å². The summed E-state index contributed by atoms with van der Waals surface area (Å²) in [4.78, 5) is 3.89. The molecule has 0 bridgehead atoms. The molecule has 0 fully saturated rings. The highest BCUT2D eigenvalue weighted by Crippen LogP contribution is 2.30. The molecule has 3 nitrogen and oxygen atoms in total. The first-order chi connectivity index (χ1) is 28.6. The average molecular weight is 898 g/mol. The quantitative estimate of drug-likeness (QED) is 0.0519. The van der Waals surface area contributed by atoms with Gasteiger partial charge in [-0.05, 0) is 0 Å². The number of aromatic nitrogens is 2. The van der Waals surface area contributed by atoms with Gasteiger partial charge in [0.1, 0.15) is 58.9 Å². The molecule has 0 unspecified atom stereocenters. The van der Waals surface area contributed by atoms with Crippen molar-refractivity contribution in [3.8, 4) is 5.88 Å². The molecule has 1 heterocycles. The number of hydrogen-bond donors (Lipinski definition) is 0. The standard InChI is InChI=1S/C24BF20.C12H12FN2O/c26-5-1(6(27)14(35)21(42)13(5)34)25(2-7(28)15(36)22(43)16(37)8(2)29,3-9(30)17(38)23(44)18(39)10(3)31)4-11(32)19(40)24(45)20(41)12(4)33;13-10-16-12-8-14-6-7-15(12)9-11-4-2-1-3-5-11/h;1-8H,9-10H2/q-1;+1. The smallest absolute Gasteiger partial charge is 0.389 e. The summed E-state index contributed by atoms with van der Waals surface area (Å²) >= 11 is 0. The maximum Gasteiger partial charge on any atom is 0.389 e. The van der Waals surface area contributed by atoms with Crippen LogP contribution in [0.1, 0.15) is 5.56 Å². The number of halogens is 21. The van der Waals surface area contributed by atoms with E-state index in [0.717, 1.165) is 5.56 Å². The average Bonchev–Trinajstić information content (AvgIpc) is 3.25. The lowest BCUT2D eigenvalue weighted by Crippen LogP contribution is -2.81. The van der Waals surface area contributed by atoms with Crippen LogP contribution in [0.5, 0.6) is 5.88 Å². The molecule has 322 valence electrons. The third-order valence-electron chi connectivity index (χ3n) is 8.91. The van der Waals surface area contributed by atoms with E-state index < -0.39 is 151 Å². The molecule has 0 spiro atoms. The molecule has 61 heavy (non-hydrogen) atoms. The predicted octanol–water partition coefficient (Wildman–Crippen LogP) is 7.57. The van der Waals surface area contributed by atoms with Gasteiger partial charge in [-0.15, -0.1) is 21.9 Å². The Morgan fingerprint density at radius 2 is 0.689 bits per heavy atom.